The predicted molar refractivity (Wildman–Crippen MR) is 91.1 cm³/mol. The summed E-state index contributed by atoms with van der Waals surface area (Å²) < 4.78 is 26.5. The van der Waals surface area contributed by atoms with Crippen molar-refractivity contribution in [2.45, 2.75) is 0 Å². The van der Waals surface area contributed by atoms with E-state index in [-0.39, 0.29) is 17.2 Å². The molecule has 2 N–H and O–H groups in total. The van der Waals surface area contributed by atoms with Crippen molar-refractivity contribution in [1.29, 1.82) is 0 Å². The van der Waals surface area contributed by atoms with E-state index in [0.717, 1.165) is 12.1 Å². The van der Waals surface area contributed by atoms with Crippen LogP contribution in [0.1, 0.15) is 10.5 Å². The molecule has 5 nitrogen and oxygen atoms in total. The van der Waals surface area contributed by atoms with Gasteiger partial charge in [0.1, 0.15) is 23.1 Å². The third kappa shape index (κ3) is 4.27. The fourth-order valence-electron chi connectivity index (χ4n) is 1.97. The number of carbonyl (C=O) groups excluding carboxylic acids is 1. The number of halogens is 3. The summed E-state index contributed by atoms with van der Waals surface area (Å²) in [5, 5.41) is 5.86. The van der Waals surface area contributed by atoms with E-state index in [2.05, 4.69) is 20.6 Å². The molecular formula is C17H11ClF2N4O. The standard InChI is InChI=1S/C17H11ClF2N4O/c18-10-1-4-12(5-2-10)23-17(25)15-8-22-16(9-21-15)24-14-6-3-11(19)7-13(14)20/h1-9H,(H,22,24)(H,23,25). The Kier molecular flexibility index (Phi) is 4.85. The minimum atomic E-state index is -0.758. The first-order valence-corrected chi connectivity index (χ1v) is 7.50. The second kappa shape index (κ2) is 7.23. The molecule has 1 aromatic heterocycles. The number of carbonyl (C=O) groups is 1. The van der Waals surface area contributed by atoms with E-state index < -0.39 is 17.5 Å². The topological polar surface area (TPSA) is 66.9 Å². The molecule has 25 heavy (non-hydrogen) atoms. The number of benzene rings is 2. The van der Waals surface area contributed by atoms with Crippen LogP contribution in [-0.4, -0.2) is 15.9 Å². The SMILES string of the molecule is O=C(Nc1ccc(Cl)cc1)c1cnc(Nc2ccc(F)cc2F)cn1. The molecule has 2 aromatic carbocycles. The van der Waals surface area contributed by atoms with Crippen LogP contribution >= 0.6 is 11.6 Å². The number of hydrogen-bond acceptors (Lipinski definition) is 4. The summed E-state index contributed by atoms with van der Waals surface area (Å²) in [5.74, 6) is -1.67. The number of aromatic nitrogens is 2. The van der Waals surface area contributed by atoms with E-state index in [1.165, 1.54) is 18.5 Å². The van der Waals surface area contributed by atoms with Gasteiger partial charge in [0.15, 0.2) is 0 Å². The Morgan fingerprint density at radius 2 is 1.76 bits per heavy atom. The van der Waals surface area contributed by atoms with Crippen molar-refractivity contribution in [3.8, 4) is 0 Å². The summed E-state index contributed by atoms with van der Waals surface area (Å²) in [5.41, 5.74) is 0.695. The molecule has 3 rings (SSSR count). The first kappa shape index (κ1) is 16.8. The van der Waals surface area contributed by atoms with Gasteiger partial charge in [-0.05, 0) is 36.4 Å². The highest BCUT2D eigenvalue weighted by atomic mass is 35.5. The average molecular weight is 361 g/mol. The van der Waals surface area contributed by atoms with Gasteiger partial charge < -0.3 is 10.6 Å². The number of anilines is 3. The number of rotatable bonds is 4. The van der Waals surface area contributed by atoms with Crippen LogP contribution < -0.4 is 10.6 Å². The maximum atomic E-state index is 13.6. The molecule has 0 bridgehead atoms. The van der Waals surface area contributed by atoms with Crippen LogP contribution in [0.4, 0.5) is 26.0 Å². The maximum Gasteiger partial charge on any atom is 0.275 e. The zero-order valence-electron chi connectivity index (χ0n) is 12.6. The van der Waals surface area contributed by atoms with Crippen molar-refractivity contribution < 1.29 is 13.6 Å². The summed E-state index contributed by atoms with van der Waals surface area (Å²) in [6, 6.07) is 9.71. The highest BCUT2D eigenvalue weighted by Gasteiger charge is 2.10. The highest BCUT2D eigenvalue weighted by molar-refractivity contribution is 6.30. The van der Waals surface area contributed by atoms with Crippen LogP contribution in [0.15, 0.2) is 54.9 Å². The third-order valence-electron chi connectivity index (χ3n) is 3.18. The molecule has 0 atom stereocenters. The van der Waals surface area contributed by atoms with Crippen LogP contribution in [0, 0.1) is 11.6 Å². The fraction of sp³-hybridized carbons (Fsp3) is 0. The summed E-state index contributed by atoms with van der Waals surface area (Å²) >= 11 is 5.78. The Hall–Kier alpha value is -3.06. The Labute approximate surface area is 146 Å². The van der Waals surface area contributed by atoms with Gasteiger partial charge in [-0.3, -0.25) is 4.79 Å². The largest absolute Gasteiger partial charge is 0.337 e. The van der Waals surface area contributed by atoms with Gasteiger partial charge in [0.05, 0.1) is 18.1 Å². The van der Waals surface area contributed by atoms with E-state index in [4.69, 9.17) is 11.6 Å². The second-order valence-corrected chi connectivity index (χ2v) is 5.43. The third-order valence-corrected chi connectivity index (χ3v) is 3.43. The summed E-state index contributed by atoms with van der Waals surface area (Å²) in [7, 11) is 0. The second-order valence-electron chi connectivity index (χ2n) is 5.00. The molecule has 0 aliphatic carbocycles. The predicted octanol–water partition coefficient (Wildman–Crippen LogP) is 4.40. The fourth-order valence-corrected chi connectivity index (χ4v) is 2.09. The van der Waals surface area contributed by atoms with Gasteiger partial charge in [-0.1, -0.05) is 11.6 Å². The van der Waals surface area contributed by atoms with Gasteiger partial charge in [0.2, 0.25) is 0 Å². The van der Waals surface area contributed by atoms with Gasteiger partial charge >= 0.3 is 0 Å². The molecule has 0 saturated carbocycles. The average Bonchev–Trinajstić information content (AvgIpc) is 2.60. The van der Waals surface area contributed by atoms with Gasteiger partial charge in [-0.15, -0.1) is 0 Å². The lowest BCUT2D eigenvalue weighted by Crippen LogP contribution is -2.14. The van der Waals surface area contributed by atoms with Crippen molar-refractivity contribution in [1.82, 2.24) is 9.97 Å². The molecular weight excluding hydrogens is 350 g/mol. The highest BCUT2D eigenvalue weighted by Crippen LogP contribution is 2.19. The Morgan fingerprint density at radius 3 is 2.40 bits per heavy atom. The molecule has 1 amide bonds. The van der Waals surface area contributed by atoms with Crippen LogP contribution in [0.2, 0.25) is 5.02 Å². The Morgan fingerprint density at radius 1 is 1.00 bits per heavy atom. The minimum absolute atomic E-state index is 0.0501. The lowest BCUT2D eigenvalue weighted by Gasteiger charge is -2.08. The molecule has 0 spiro atoms. The molecule has 1 heterocycles. The van der Waals surface area contributed by atoms with Crippen molar-refractivity contribution >= 4 is 34.7 Å². The van der Waals surface area contributed by atoms with Crippen molar-refractivity contribution in [3.63, 3.8) is 0 Å². The monoisotopic (exact) mass is 360 g/mol. The number of nitrogens with zero attached hydrogens (tertiary/aromatic N) is 2. The lowest BCUT2D eigenvalue weighted by molar-refractivity contribution is 0.102. The van der Waals surface area contributed by atoms with Crippen LogP contribution in [0.3, 0.4) is 0 Å². The molecule has 0 radical (unpaired) electrons. The van der Waals surface area contributed by atoms with Crippen LogP contribution in [0.25, 0.3) is 0 Å². The molecule has 0 saturated heterocycles. The number of nitrogens with one attached hydrogen (secondary N) is 2. The Bertz CT molecular complexity index is 902. The maximum absolute atomic E-state index is 13.6. The molecule has 0 unspecified atom stereocenters. The van der Waals surface area contributed by atoms with Gasteiger partial charge in [-0.2, -0.15) is 0 Å². The first-order chi connectivity index (χ1) is 12.0. The zero-order valence-corrected chi connectivity index (χ0v) is 13.4. The summed E-state index contributed by atoms with van der Waals surface area (Å²) in [4.78, 5) is 20.1. The normalized spacial score (nSPS) is 10.4. The van der Waals surface area contributed by atoms with E-state index in [0.29, 0.717) is 10.7 Å². The molecule has 0 aliphatic heterocycles. The van der Waals surface area contributed by atoms with Crippen LogP contribution in [0.5, 0.6) is 0 Å². The number of amides is 1. The van der Waals surface area contributed by atoms with Crippen molar-refractivity contribution in [2.75, 3.05) is 10.6 Å². The van der Waals surface area contributed by atoms with Gasteiger partial charge in [0.25, 0.3) is 5.91 Å². The van der Waals surface area contributed by atoms with E-state index in [1.807, 2.05) is 0 Å². The molecule has 3 aromatic rings. The Balaban J connectivity index is 1.69. The van der Waals surface area contributed by atoms with Gasteiger partial charge in [-0.25, -0.2) is 18.7 Å². The van der Waals surface area contributed by atoms with Crippen molar-refractivity contribution in [2.24, 2.45) is 0 Å². The smallest absolute Gasteiger partial charge is 0.275 e. The summed E-state index contributed by atoms with van der Waals surface area (Å²) in [6.07, 6.45) is 2.52. The van der Waals surface area contributed by atoms with E-state index in [9.17, 15) is 13.6 Å². The van der Waals surface area contributed by atoms with Gasteiger partial charge in [0, 0.05) is 16.8 Å². The van der Waals surface area contributed by atoms with E-state index >= 15 is 0 Å². The molecule has 126 valence electrons. The number of hydrogen-bond donors (Lipinski definition) is 2. The van der Waals surface area contributed by atoms with Crippen molar-refractivity contribution in [3.05, 3.63) is 77.2 Å². The first-order valence-electron chi connectivity index (χ1n) is 7.12. The minimum Gasteiger partial charge on any atom is -0.337 e. The molecule has 0 aliphatic rings. The molecule has 8 heteroatoms. The quantitative estimate of drug-likeness (QED) is 0.723. The summed E-state index contributed by atoms with van der Waals surface area (Å²) in [6.45, 7) is 0. The van der Waals surface area contributed by atoms with Crippen LogP contribution in [-0.2, 0) is 0 Å². The zero-order chi connectivity index (χ0) is 17.8. The lowest BCUT2D eigenvalue weighted by atomic mass is 10.3. The van der Waals surface area contributed by atoms with E-state index in [1.54, 1.807) is 24.3 Å². The molecule has 0 fully saturated rings.